The number of hydrogen-bond acceptors (Lipinski definition) is 4. The van der Waals surface area contributed by atoms with Crippen molar-refractivity contribution in [2.75, 3.05) is 0 Å². The van der Waals surface area contributed by atoms with Gasteiger partial charge < -0.3 is 4.74 Å². The topological polar surface area (TPSA) is 93.0 Å². The van der Waals surface area contributed by atoms with Crippen molar-refractivity contribution in [1.29, 1.82) is 0 Å². The molecule has 0 aliphatic heterocycles. The number of amides is 1. The summed E-state index contributed by atoms with van der Waals surface area (Å²) in [5.41, 5.74) is 3.93. The molecule has 19 heavy (non-hydrogen) atoms. The number of hydrogen-bond donors (Lipinski definition) is 3. The summed E-state index contributed by atoms with van der Waals surface area (Å²) in [5.74, 6) is 5.45. The number of nitrogens with one attached hydrogen (secondary N) is 2. The molecule has 0 radical (unpaired) electrons. The van der Waals surface area contributed by atoms with Crippen molar-refractivity contribution in [3.63, 3.8) is 0 Å². The highest BCUT2D eigenvalue weighted by Gasteiger charge is 2.09. The van der Waals surface area contributed by atoms with E-state index >= 15 is 0 Å². The number of nitrogens with zero attached hydrogens (tertiary/aromatic N) is 1. The molecule has 0 saturated carbocycles. The SMILES string of the molecule is CC(C)Oc1ccc(-c2cc(C(=O)NN)[nH]n2)cc1. The van der Waals surface area contributed by atoms with E-state index in [1.54, 1.807) is 6.07 Å². The maximum atomic E-state index is 11.3. The normalized spacial score (nSPS) is 10.5. The van der Waals surface area contributed by atoms with Crippen molar-refractivity contribution in [2.45, 2.75) is 20.0 Å². The van der Waals surface area contributed by atoms with Gasteiger partial charge in [0.2, 0.25) is 0 Å². The van der Waals surface area contributed by atoms with Gasteiger partial charge in [0, 0.05) is 5.56 Å². The summed E-state index contributed by atoms with van der Waals surface area (Å²) in [6, 6.07) is 9.15. The van der Waals surface area contributed by atoms with Crippen LogP contribution in [0.5, 0.6) is 5.75 Å². The Kier molecular flexibility index (Phi) is 3.82. The van der Waals surface area contributed by atoms with Crippen LogP contribution in [0.1, 0.15) is 24.3 Å². The van der Waals surface area contributed by atoms with E-state index in [0.29, 0.717) is 11.4 Å². The van der Waals surface area contributed by atoms with Crippen LogP contribution in [0, 0.1) is 0 Å². The van der Waals surface area contributed by atoms with E-state index in [4.69, 9.17) is 10.6 Å². The molecule has 6 nitrogen and oxygen atoms in total. The molecule has 0 atom stereocenters. The summed E-state index contributed by atoms with van der Waals surface area (Å²) in [6.07, 6.45) is 0.135. The van der Waals surface area contributed by atoms with Gasteiger partial charge in [0.15, 0.2) is 0 Å². The second kappa shape index (κ2) is 5.53. The van der Waals surface area contributed by atoms with Crippen LogP contribution in [-0.2, 0) is 0 Å². The number of carbonyl (C=O) groups excluding carboxylic acids is 1. The molecule has 1 aromatic carbocycles. The largest absolute Gasteiger partial charge is 0.491 e. The van der Waals surface area contributed by atoms with Crippen LogP contribution in [-0.4, -0.2) is 22.2 Å². The van der Waals surface area contributed by atoms with Gasteiger partial charge in [-0.05, 0) is 44.2 Å². The molecule has 1 aromatic heterocycles. The quantitative estimate of drug-likeness (QED) is 0.441. The monoisotopic (exact) mass is 260 g/mol. The average Bonchev–Trinajstić information content (AvgIpc) is 2.87. The average molecular weight is 260 g/mol. The Morgan fingerprint density at radius 2 is 2.05 bits per heavy atom. The Morgan fingerprint density at radius 3 is 2.63 bits per heavy atom. The smallest absolute Gasteiger partial charge is 0.283 e. The molecular weight excluding hydrogens is 244 g/mol. The summed E-state index contributed by atoms with van der Waals surface area (Å²) < 4.78 is 5.56. The van der Waals surface area contributed by atoms with Crippen molar-refractivity contribution in [3.8, 4) is 17.0 Å². The lowest BCUT2D eigenvalue weighted by Gasteiger charge is -2.09. The molecule has 0 bridgehead atoms. The third kappa shape index (κ3) is 3.11. The van der Waals surface area contributed by atoms with E-state index in [1.807, 2.05) is 43.5 Å². The third-order valence-electron chi connectivity index (χ3n) is 2.48. The molecule has 4 N–H and O–H groups in total. The zero-order valence-corrected chi connectivity index (χ0v) is 10.8. The number of ether oxygens (including phenoxy) is 1. The number of aromatic amines is 1. The number of nitrogen functional groups attached to an aromatic ring is 1. The van der Waals surface area contributed by atoms with E-state index in [-0.39, 0.29) is 6.10 Å². The number of hydrazine groups is 1. The summed E-state index contributed by atoms with van der Waals surface area (Å²) in [6.45, 7) is 3.94. The third-order valence-corrected chi connectivity index (χ3v) is 2.48. The van der Waals surface area contributed by atoms with Gasteiger partial charge in [-0.2, -0.15) is 5.10 Å². The van der Waals surface area contributed by atoms with Gasteiger partial charge in [0.05, 0.1) is 11.8 Å². The summed E-state index contributed by atoms with van der Waals surface area (Å²) in [4.78, 5) is 11.3. The van der Waals surface area contributed by atoms with Crippen LogP contribution in [0.3, 0.4) is 0 Å². The van der Waals surface area contributed by atoms with Gasteiger partial charge in [0.1, 0.15) is 11.4 Å². The fourth-order valence-electron chi connectivity index (χ4n) is 1.64. The Hall–Kier alpha value is -2.34. The first-order chi connectivity index (χ1) is 9.10. The fraction of sp³-hybridized carbons (Fsp3) is 0.231. The van der Waals surface area contributed by atoms with Crippen molar-refractivity contribution in [3.05, 3.63) is 36.0 Å². The molecule has 100 valence electrons. The summed E-state index contributed by atoms with van der Waals surface area (Å²) in [5, 5.41) is 6.69. The van der Waals surface area contributed by atoms with E-state index in [1.165, 1.54) is 0 Å². The molecule has 0 unspecified atom stereocenters. The van der Waals surface area contributed by atoms with E-state index in [0.717, 1.165) is 11.3 Å². The zero-order valence-electron chi connectivity index (χ0n) is 10.8. The lowest BCUT2D eigenvalue weighted by molar-refractivity contribution is 0.0948. The zero-order chi connectivity index (χ0) is 13.8. The molecule has 0 aliphatic carbocycles. The molecule has 1 amide bonds. The van der Waals surface area contributed by atoms with E-state index < -0.39 is 5.91 Å². The minimum Gasteiger partial charge on any atom is -0.491 e. The number of benzene rings is 1. The highest BCUT2D eigenvalue weighted by molar-refractivity contribution is 5.92. The molecule has 2 aromatic rings. The fourth-order valence-corrected chi connectivity index (χ4v) is 1.64. The Balaban J connectivity index is 2.18. The predicted molar refractivity (Wildman–Crippen MR) is 71.4 cm³/mol. The first-order valence-electron chi connectivity index (χ1n) is 5.93. The van der Waals surface area contributed by atoms with Gasteiger partial charge in [-0.1, -0.05) is 0 Å². The van der Waals surface area contributed by atoms with Crippen molar-refractivity contribution >= 4 is 5.91 Å². The van der Waals surface area contributed by atoms with Gasteiger partial charge >= 0.3 is 0 Å². The van der Waals surface area contributed by atoms with Crippen LogP contribution < -0.4 is 16.0 Å². The summed E-state index contributed by atoms with van der Waals surface area (Å²) in [7, 11) is 0. The van der Waals surface area contributed by atoms with Crippen LogP contribution in [0.4, 0.5) is 0 Å². The Labute approximate surface area is 110 Å². The standard InChI is InChI=1S/C13H16N4O2/c1-8(2)19-10-5-3-9(4-6-10)11-7-12(17-16-11)13(18)15-14/h3-8H,14H2,1-2H3,(H,15,18)(H,16,17). The van der Waals surface area contributed by atoms with Gasteiger partial charge in [0.25, 0.3) is 5.91 Å². The lowest BCUT2D eigenvalue weighted by atomic mass is 10.1. The minimum atomic E-state index is -0.404. The van der Waals surface area contributed by atoms with Crippen molar-refractivity contribution < 1.29 is 9.53 Å². The number of carbonyl (C=O) groups is 1. The molecule has 1 heterocycles. The molecule has 6 heteroatoms. The highest BCUT2D eigenvalue weighted by atomic mass is 16.5. The Bertz CT molecular complexity index is 560. The van der Waals surface area contributed by atoms with Crippen LogP contribution in [0.15, 0.2) is 30.3 Å². The Morgan fingerprint density at radius 1 is 1.37 bits per heavy atom. The first-order valence-corrected chi connectivity index (χ1v) is 5.93. The van der Waals surface area contributed by atoms with Gasteiger partial charge in [-0.15, -0.1) is 0 Å². The first kappa shape index (κ1) is 13.1. The van der Waals surface area contributed by atoms with Crippen molar-refractivity contribution in [2.24, 2.45) is 5.84 Å². The van der Waals surface area contributed by atoms with Crippen LogP contribution in [0.2, 0.25) is 0 Å². The molecule has 2 rings (SSSR count). The molecule has 0 saturated heterocycles. The maximum Gasteiger partial charge on any atom is 0.283 e. The molecular formula is C13H16N4O2. The lowest BCUT2D eigenvalue weighted by Crippen LogP contribution is -2.30. The van der Waals surface area contributed by atoms with Gasteiger partial charge in [-0.3, -0.25) is 15.3 Å². The number of rotatable bonds is 4. The minimum absolute atomic E-state index is 0.135. The maximum absolute atomic E-state index is 11.3. The number of H-pyrrole nitrogens is 1. The summed E-state index contributed by atoms with van der Waals surface area (Å²) >= 11 is 0. The molecule has 0 aliphatic rings. The van der Waals surface area contributed by atoms with Crippen LogP contribution >= 0.6 is 0 Å². The number of aromatic nitrogens is 2. The van der Waals surface area contributed by atoms with Crippen LogP contribution in [0.25, 0.3) is 11.3 Å². The number of nitrogens with two attached hydrogens (primary N) is 1. The second-order valence-electron chi connectivity index (χ2n) is 4.33. The second-order valence-corrected chi connectivity index (χ2v) is 4.33. The van der Waals surface area contributed by atoms with E-state index in [2.05, 4.69) is 10.2 Å². The molecule has 0 fully saturated rings. The van der Waals surface area contributed by atoms with Gasteiger partial charge in [-0.25, -0.2) is 5.84 Å². The van der Waals surface area contributed by atoms with Crippen molar-refractivity contribution in [1.82, 2.24) is 15.6 Å². The highest BCUT2D eigenvalue weighted by Crippen LogP contribution is 2.21. The van der Waals surface area contributed by atoms with E-state index in [9.17, 15) is 4.79 Å². The predicted octanol–water partition coefficient (Wildman–Crippen LogP) is 1.47. The molecule has 0 spiro atoms.